The second-order valence-electron chi connectivity index (χ2n) is 4.46. The van der Waals surface area contributed by atoms with Crippen molar-refractivity contribution in [3.8, 4) is 0 Å². The highest BCUT2D eigenvalue weighted by atomic mass is 32.1. The molecular formula is C11H13F3N2O4S. The standard InChI is InChI=1S/C11H13F3N2O4S/c1-5-4-21-9(15-5)10(20,11(12,13)14)3-7(17)16-6(2)8(18)19/h4,6,20H,3H2,1-2H3,(H,16,17)(H,18,19)/t6-,10?/m0/s1. The lowest BCUT2D eigenvalue weighted by molar-refractivity contribution is -0.267. The fourth-order valence-electron chi connectivity index (χ4n) is 1.43. The van der Waals surface area contributed by atoms with Crippen molar-refractivity contribution >= 4 is 23.2 Å². The van der Waals surface area contributed by atoms with Crippen LogP contribution in [0.3, 0.4) is 0 Å². The molecule has 3 N–H and O–H groups in total. The molecule has 0 fully saturated rings. The molecule has 0 saturated heterocycles. The first-order valence-electron chi connectivity index (χ1n) is 5.71. The summed E-state index contributed by atoms with van der Waals surface area (Å²) in [5.74, 6) is -2.64. The lowest BCUT2D eigenvalue weighted by Crippen LogP contribution is -2.48. The van der Waals surface area contributed by atoms with Gasteiger partial charge in [0.1, 0.15) is 11.0 Å². The number of amides is 1. The molecule has 1 amide bonds. The zero-order valence-electron chi connectivity index (χ0n) is 11.1. The fraction of sp³-hybridized carbons (Fsp3) is 0.545. The number of alkyl halides is 3. The van der Waals surface area contributed by atoms with E-state index < -0.39 is 41.1 Å². The molecule has 1 aromatic heterocycles. The highest BCUT2D eigenvalue weighted by Gasteiger charge is 2.58. The number of carbonyl (C=O) groups is 2. The summed E-state index contributed by atoms with van der Waals surface area (Å²) < 4.78 is 39.2. The van der Waals surface area contributed by atoms with Gasteiger partial charge in [-0.2, -0.15) is 13.2 Å². The number of nitrogens with one attached hydrogen (secondary N) is 1. The Morgan fingerprint density at radius 3 is 2.43 bits per heavy atom. The summed E-state index contributed by atoms with van der Waals surface area (Å²) in [6, 6.07) is -1.37. The summed E-state index contributed by atoms with van der Waals surface area (Å²) in [5, 5.41) is 21.0. The van der Waals surface area contributed by atoms with E-state index in [9.17, 15) is 27.9 Å². The number of thiazole rings is 1. The molecule has 10 heteroatoms. The van der Waals surface area contributed by atoms with Crippen LogP contribution in [0.4, 0.5) is 13.2 Å². The molecule has 0 radical (unpaired) electrons. The summed E-state index contributed by atoms with van der Waals surface area (Å²) in [6.45, 7) is 2.55. The molecule has 1 aromatic rings. The van der Waals surface area contributed by atoms with Crippen molar-refractivity contribution < 1.29 is 33.0 Å². The van der Waals surface area contributed by atoms with Crippen LogP contribution in [0.2, 0.25) is 0 Å². The SMILES string of the molecule is Cc1csc(C(O)(CC(=O)N[C@@H](C)C(=O)O)C(F)(F)F)n1. The number of carbonyl (C=O) groups excluding carboxylic acids is 1. The maximum atomic E-state index is 13.1. The van der Waals surface area contributed by atoms with Gasteiger partial charge in [0.25, 0.3) is 0 Å². The maximum absolute atomic E-state index is 13.1. The number of hydrogen-bond donors (Lipinski definition) is 3. The molecule has 0 aliphatic heterocycles. The van der Waals surface area contributed by atoms with Gasteiger partial charge in [0, 0.05) is 11.1 Å². The van der Waals surface area contributed by atoms with Crippen LogP contribution in [0.5, 0.6) is 0 Å². The number of rotatable bonds is 5. The summed E-state index contributed by atoms with van der Waals surface area (Å²) in [4.78, 5) is 25.7. The smallest absolute Gasteiger partial charge is 0.424 e. The van der Waals surface area contributed by atoms with Crippen LogP contribution < -0.4 is 5.32 Å². The number of aromatic nitrogens is 1. The molecule has 0 aliphatic rings. The number of nitrogens with zero attached hydrogens (tertiary/aromatic N) is 1. The molecule has 1 unspecified atom stereocenters. The van der Waals surface area contributed by atoms with Gasteiger partial charge in [0.15, 0.2) is 0 Å². The Bertz CT molecular complexity index is 546. The third-order valence-electron chi connectivity index (χ3n) is 2.61. The first kappa shape index (κ1) is 17.4. The second-order valence-corrected chi connectivity index (χ2v) is 5.31. The molecule has 1 rings (SSSR count). The topological polar surface area (TPSA) is 99.5 Å². The Hall–Kier alpha value is -1.68. The lowest BCUT2D eigenvalue weighted by Gasteiger charge is -2.28. The van der Waals surface area contributed by atoms with Gasteiger partial charge in [0.2, 0.25) is 11.5 Å². The molecule has 0 spiro atoms. The van der Waals surface area contributed by atoms with Gasteiger partial charge in [0.05, 0.1) is 6.42 Å². The van der Waals surface area contributed by atoms with E-state index in [1.165, 1.54) is 12.3 Å². The predicted molar refractivity (Wildman–Crippen MR) is 66.7 cm³/mol. The summed E-state index contributed by atoms with van der Waals surface area (Å²) in [7, 11) is 0. The van der Waals surface area contributed by atoms with Crippen molar-refractivity contribution in [2.75, 3.05) is 0 Å². The molecule has 21 heavy (non-hydrogen) atoms. The van der Waals surface area contributed by atoms with Gasteiger partial charge in [-0.05, 0) is 13.8 Å². The number of carboxylic acid groups (broad SMARTS) is 1. The minimum absolute atomic E-state index is 0.275. The number of aliphatic hydroxyl groups is 1. The van der Waals surface area contributed by atoms with E-state index >= 15 is 0 Å². The van der Waals surface area contributed by atoms with E-state index in [-0.39, 0.29) is 5.69 Å². The van der Waals surface area contributed by atoms with E-state index in [1.54, 1.807) is 0 Å². The van der Waals surface area contributed by atoms with E-state index in [0.29, 0.717) is 11.3 Å². The molecule has 0 aromatic carbocycles. The van der Waals surface area contributed by atoms with E-state index in [4.69, 9.17) is 5.11 Å². The summed E-state index contributed by atoms with van der Waals surface area (Å²) in [6.07, 6.45) is -6.48. The monoisotopic (exact) mass is 326 g/mol. The van der Waals surface area contributed by atoms with Crippen molar-refractivity contribution in [2.24, 2.45) is 0 Å². The second kappa shape index (κ2) is 5.98. The zero-order chi connectivity index (χ0) is 16.4. The van der Waals surface area contributed by atoms with Gasteiger partial charge in [-0.15, -0.1) is 11.3 Å². The number of aryl methyl sites for hydroxylation is 1. The predicted octanol–water partition coefficient (Wildman–Crippen LogP) is 1.18. The number of halogens is 3. The molecule has 0 bridgehead atoms. The largest absolute Gasteiger partial charge is 0.480 e. The summed E-state index contributed by atoms with van der Waals surface area (Å²) in [5.41, 5.74) is -3.18. The third kappa shape index (κ3) is 3.91. The summed E-state index contributed by atoms with van der Waals surface area (Å²) >= 11 is 0.573. The Labute approximate surface area is 121 Å². The third-order valence-corrected chi connectivity index (χ3v) is 3.72. The van der Waals surface area contributed by atoms with Crippen LogP contribution in [0.1, 0.15) is 24.0 Å². The molecular weight excluding hydrogens is 313 g/mol. The van der Waals surface area contributed by atoms with Gasteiger partial charge in [-0.1, -0.05) is 0 Å². The normalized spacial score (nSPS) is 16.1. The Kier molecular flexibility index (Phi) is 4.95. The van der Waals surface area contributed by atoms with Crippen molar-refractivity contribution in [1.29, 1.82) is 0 Å². The maximum Gasteiger partial charge on any atom is 0.424 e. The molecule has 1 heterocycles. The Balaban J connectivity index is 3.00. The van der Waals surface area contributed by atoms with Crippen molar-refractivity contribution in [3.63, 3.8) is 0 Å². The van der Waals surface area contributed by atoms with Gasteiger partial charge in [-0.3, -0.25) is 9.59 Å². The highest BCUT2D eigenvalue weighted by Crippen LogP contribution is 2.42. The average Bonchev–Trinajstić information content (AvgIpc) is 2.74. The van der Waals surface area contributed by atoms with Crippen molar-refractivity contribution in [1.82, 2.24) is 10.3 Å². The molecule has 0 saturated carbocycles. The quantitative estimate of drug-likeness (QED) is 0.754. The molecule has 0 aliphatic carbocycles. The minimum Gasteiger partial charge on any atom is -0.480 e. The van der Waals surface area contributed by atoms with Gasteiger partial charge >= 0.3 is 12.1 Å². The highest BCUT2D eigenvalue weighted by molar-refractivity contribution is 7.09. The molecule has 6 nitrogen and oxygen atoms in total. The Morgan fingerprint density at radius 2 is 2.05 bits per heavy atom. The average molecular weight is 326 g/mol. The zero-order valence-corrected chi connectivity index (χ0v) is 11.9. The van der Waals surface area contributed by atoms with E-state index in [1.807, 2.05) is 5.32 Å². The molecule has 2 atom stereocenters. The number of aliphatic carboxylic acids is 1. The van der Waals surface area contributed by atoms with Crippen LogP contribution in [-0.4, -0.2) is 39.3 Å². The minimum atomic E-state index is -5.12. The Morgan fingerprint density at radius 1 is 1.48 bits per heavy atom. The van der Waals surface area contributed by atoms with Crippen LogP contribution in [-0.2, 0) is 15.2 Å². The van der Waals surface area contributed by atoms with Crippen LogP contribution in [0.15, 0.2) is 5.38 Å². The van der Waals surface area contributed by atoms with Crippen molar-refractivity contribution in [3.05, 3.63) is 16.1 Å². The van der Waals surface area contributed by atoms with Crippen LogP contribution in [0, 0.1) is 6.92 Å². The lowest BCUT2D eigenvalue weighted by atomic mass is 9.99. The number of hydrogen-bond acceptors (Lipinski definition) is 5. The van der Waals surface area contributed by atoms with Crippen molar-refractivity contribution in [2.45, 2.75) is 38.1 Å². The van der Waals surface area contributed by atoms with Gasteiger partial charge in [-0.25, -0.2) is 4.98 Å². The van der Waals surface area contributed by atoms with Gasteiger partial charge < -0.3 is 15.5 Å². The fourth-order valence-corrected chi connectivity index (χ4v) is 2.34. The van der Waals surface area contributed by atoms with E-state index in [2.05, 4.69) is 4.98 Å². The number of carboxylic acids is 1. The first-order valence-corrected chi connectivity index (χ1v) is 6.59. The van der Waals surface area contributed by atoms with Crippen LogP contribution in [0.25, 0.3) is 0 Å². The molecule has 118 valence electrons. The first-order chi connectivity index (χ1) is 9.47. The van der Waals surface area contributed by atoms with Crippen LogP contribution >= 0.6 is 11.3 Å². The van der Waals surface area contributed by atoms with E-state index in [0.717, 1.165) is 6.92 Å².